The number of phenolic OH excluding ortho intramolecular Hbond substituents is 1. The zero-order chi connectivity index (χ0) is 27.8. The molecule has 0 spiro atoms. The summed E-state index contributed by atoms with van der Waals surface area (Å²) in [4.78, 5) is 43.0. The summed E-state index contributed by atoms with van der Waals surface area (Å²) >= 11 is 0. The van der Waals surface area contributed by atoms with Crippen LogP contribution >= 0.6 is 0 Å². The van der Waals surface area contributed by atoms with Crippen molar-refractivity contribution in [2.75, 3.05) is 34.8 Å². The van der Waals surface area contributed by atoms with Gasteiger partial charge in [-0.3, -0.25) is 24.2 Å². The van der Waals surface area contributed by atoms with Gasteiger partial charge in [0.05, 0.1) is 18.7 Å². The van der Waals surface area contributed by atoms with Gasteiger partial charge in [0.2, 0.25) is 5.78 Å². The van der Waals surface area contributed by atoms with Gasteiger partial charge in [0.25, 0.3) is 5.91 Å². The van der Waals surface area contributed by atoms with Gasteiger partial charge in [0, 0.05) is 28.7 Å². The van der Waals surface area contributed by atoms with E-state index < -0.39 is 58.0 Å². The number of rotatable bonds is 4. The minimum absolute atomic E-state index is 0.00133. The van der Waals surface area contributed by atoms with Crippen LogP contribution in [0.4, 0.5) is 0 Å². The van der Waals surface area contributed by atoms with Crippen LogP contribution in [0.25, 0.3) is 0 Å². The van der Waals surface area contributed by atoms with Crippen LogP contribution in [0.3, 0.4) is 0 Å². The number of aliphatic hydroxyl groups is 3. The Hall–Kier alpha value is -3.41. The second-order valence-corrected chi connectivity index (χ2v) is 11.0. The lowest BCUT2D eigenvalue weighted by Crippen LogP contribution is -2.63. The highest BCUT2D eigenvalue weighted by atomic mass is 16.5. The highest BCUT2D eigenvalue weighted by molar-refractivity contribution is 6.24. The van der Waals surface area contributed by atoms with Gasteiger partial charge in [-0.05, 0) is 65.4 Å². The van der Waals surface area contributed by atoms with Crippen molar-refractivity contribution in [3.05, 3.63) is 45.4 Å². The van der Waals surface area contributed by atoms with Gasteiger partial charge in [-0.2, -0.15) is 0 Å². The van der Waals surface area contributed by atoms with Gasteiger partial charge in [0.15, 0.2) is 11.4 Å². The minimum Gasteiger partial charge on any atom is -0.510 e. The summed E-state index contributed by atoms with van der Waals surface area (Å²) in [5.74, 6) is -6.21. The molecule has 1 amide bonds. The number of nitrogens with zero attached hydrogens (tertiary/aromatic N) is 2. The Morgan fingerprint density at radius 1 is 1.24 bits per heavy atom. The number of aromatic hydroxyl groups is 1. The molecule has 38 heavy (non-hydrogen) atoms. The molecule has 0 aromatic heterocycles. The molecule has 0 radical (unpaired) electrons. The Balaban J connectivity index is 1.71. The molecular formula is C27H33N3O8. The van der Waals surface area contributed by atoms with E-state index in [0.29, 0.717) is 11.3 Å². The smallest absolute Gasteiger partial charge is 0.255 e. The van der Waals surface area contributed by atoms with Crippen LogP contribution in [0.1, 0.15) is 46.8 Å². The molecule has 0 unspecified atom stereocenters. The number of benzene rings is 1. The van der Waals surface area contributed by atoms with E-state index in [-0.39, 0.29) is 35.8 Å². The SMILES string of the molecule is COc1c([C@@H]2CCCN2C)cc(O)c2c1C[C@H]1C[C@H]3[C@H](N(C)C)C(O)=C(C(N)=O)C(=O)[C@@]3(O)C(O)=C1C2=O. The normalized spacial score (nSPS) is 31.4. The molecule has 1 aromatic rings. The second-order valence-electron chi connectivity index (χ2n) is 11.0. The van der Waals surface area contributed by atoms with Crippen molar-refractivity contribution in [1.82, 2.24) is 9.80 Å². The van der Waals surface area contributed by atoms with Gasteiger partial charge < -0.3 is 30.9 Å². The van der Waals surface area contributed by atoms with Crippen LogP contribution in [0.2, 0.25) is 0 Å². The maximum atomic E-state index is 13.8. The molecule has 0 bridgehead atoms. The number of fused-ring (bicyclic) bond motifs is 3. The molecular weight excluding hydrogens is 494 g/mol. The topological polar surface area (TPSA) is 174 Å². The number of hydrogen-bond acceptors (Lipinski definition) is 10. The predicted octanol–water partition coefficient (Wildman–Crippen LogP) is 0.896. The average Bonchev–Trinajstić information content (AvgIpc) is 3.26. The number of hydrogen-bond donors (Lipinski definition) is 5. The van der Waals surface area contributed by atoms with Crippen LogP contribution in [-0.2, 0) is 16.0 Å². The fourth-order valence-corrected chi connectivity index (χ4v) is 7.12. The predicted molar refractivity (Wildman–Crippen MR) is 135 cm³/mol. The van der Waals surface area contributed by atoms with Crippen molar-refractivity contribution < 1.29 is 39.5 Å². The summed E-state index contributed by atoms with van der Waals surface area (Å²) < 4.78 is 5.80. The summed E-state index contributed by atoms with van der Waals surface area (Å²) in [5.41, 5.74) is 2.92. The maximum Gasteiger partial charge on any atom is 0.255 e. The van der Waals surface area contributed by atoms with Crippen molar-refractivity contribution in [3.8, 4) is 11.5 Å². The third-order valence-corrected chi connectivity index (χ3v) is 8.79. The first-order valence-corrected chi connectivity index (χ1v) is 12.6. The number of allylic oxidation sites excluding steroid dienone is 1. The number of carbonyl (C=O) groups is 3. The van der Waals surface area contributed by atoms with E-state index >= 15 is 0 Å². The maximum absolute atomic E-state index is 13.8. The van der Waals surface area contributed by atoms with Crippen LogP contribution in [-0.4, -0.2) is 94.1 Å². The summed E-state index contributed by atoms with van der Waals surface area (Å²) in [5, 5.41) is 45.0. The monoisotopic (exact) mass is 527 g/mol. The quantitative estimate of drug-likeness (QED) is 0.354. The van der Waals surface area contributed by atoms with Gasteiger partial charge in [-0.25, -0.2) is 0 Å². The Morgan fingerprint density at radius 2 is 1.92 bits per heavy atom. The van der Waals surface area contributed by atoms with Gasteiger partial charge in [-0.1, -0.05) is 0 Å². The Labute approximate surface area is 219 Å². The lowest BCUT2D eigenvalue weighted by molar-refractivity contribution is -0.148. The number of ether oxygens (including phenoxy) is 1. The van der Waals surface area contributed by atoms with E-state index in [4.69, 9.17) is 10.5 Å². The van der Waals surface area contributed by atoms with E-state index in [1.165, 1.54) is 18.1 Å². The highest BCUT2D eigenvalue weighted by Crippen LogP contribution is 2.54. The van der Waals surface area contributed by atoms with Crippen LogP contribution < -0.4 is 10.5 Å². The number of amides is 1. The molecule has 204 valence electrons. The molecule has 1 aliphatic heterocycles. The summed E-state index contributed by atoms with van der Waals surface area (Å²) in [7, 11) is 6.69. The molecule has 1 saturated heterocycles. The van der Waals surface area contributed by atoms with E-state index in [9.17, 15) is 34.8 Å². The molecule has 1 aromatic carbocycles. The first kappa shape index (κ1) is 26.2. The number of ketones is 2. The number of phenols is 1. The van der Waals surface area contributed by atoms with Gasteiger partial charge in [-0.15, -0.1) is 0 Å². The summed E-state index contributed by atoms with van der Waals surface area (Å²) in [6.07, 6.45) is 2.07. The highest BCUT2D eigenvalue weighted by Gasteiger charge is 2.63. The fraction of sp³-hybridized carbons (Fsp3) is 0.519. The van der Waals surface area contributed by atoms with E-state index in [1.54, 1.807) is 14.1 Å². The van der Waals surface area contributed by atoms with E-state index in [0.717, 1.165) is 24.9 Å². The van der Waals surface area contributed by atoms with Crippen LogP contribution in [0.5, 0.6) is 11.5 Å². The molecule has 5 atom stereocenters. The Morgan fingerprint density at radius 3 is 2.47 bits per heavy atom. The van der Waals surface area contributed by atoms with Crippen molar-refractivity contribution in [3.63, 3.8) is 0 Å². The zero-order valence-corrected chi connectivity index (χ0v) is 21.8. The summed E-state index contributed by atoms with van der Waals surface area (Å²) in [6.45, 7) is 0.887. The van der Waals surface area contributed by atoms with Crippen molar-refractivity contribution in [2.24, 2.45) is 17.6 Å². The molecule has 11 heteroatoms. The minimum atomic E-state index is -2.66. The first-order valence-electron chi connectivity index (χ1n) is 12.6. The largest absolute Gasteiger partial charge is 0.510 e. The number of primary amides is 1. The number of nitrogens with two attached hydrogens (primary N) is 1. The second kappa shape index (κ2) is 8.82. The Kier molecular flexibility index (Phi) is 6.08. The van der Waals surface area contributed by atoms with Crippen molar-refractivity contribution in [2.45, 2.75) is 43.4 Å². The molecule has 3 aliphatic carbocycles. The first-order chi connectivity index (χ1) is 17.9. The fourth-order valence-electron chi connectivity index (χ4n) is 7.12. The lowest BCUT2D eigenvalue weighted by atomic mass is 9.58. The molecule has 1 fully saturated rings. The lowest BCUT2D eigenvalue weighted by Gasteiger charge is -2.50. The zero-order valence-electron chi connectivity index (χ0n) is 21.8. The molecule has 6 N–H and O–H groups in total. The van der Waals surface area contributed by atoms with E-state index in [2.05, 4.69) is 4.90 Å². The number of carbonyl (C=O) groups excluding carboxylic acids is 3. The molecule has 1 heterocycles. The number of methoxy groups -OCH3 is 1. The molecule has 0 saturated carbocycles. The third kappa shape index (κ3) is 3.35. The van der Waals surface area contributed by atoms with Gasteiger partial charge in [0.1, 0.15) is 28.6 Å². The molecule has 11 nitrogen and oxygen atoms in total. The average molecular weight is 528 g/mol. The van der Waals surface area contributed by atoms with Crippen LogP contribution in [0.15, 0.2) is 28.7 Å². The molecule has 5 rings (SSSR count). The number of Topliss-reactive ketones (excluding diaryl/α,β-unsaturated/α-hetero) is 2. The Bertz CT molecular complexity index is 1330. The standard InChI is InChI=1S/C27H33N3O8/c1-29(2)20-14-9-11-8-13-18(16(31)10-12(23(13)38-4)15-6-5-7-30(15)3)21(32)17(11)24(34)27(14,37)25(35)19(22(20)33)26(28)36/h10-11,14-15,20,31,33-34,37H,5-9H2,1-4H3,(H2,28,36)/t11-,14-,15-,20-,27-/m0/s1. The van der Waals surface area contributed by atoms with Crippen LogP contribution in [0, 0.1) is 11.8 Å². The number of aliphatic hydroxyl groups excluding tert-OH is 2. The number of likely N-dealkylation sites (N-methyl/N-ethyl adjacent to an activating group) is 1. The summed E-state index contributed by atoms with van der Waals surface area (Å²) in [6, 6.07) is 0.482. The number of likely N-dealkylation sites (tertiary alicyclic amines) is 1. The van der Waals surface area contributed by atoms with Gasteiger partial charge >= 0.3 is 0 Å². The van der Waals surface area contributed by atoms with Crippen molar-refractivity contribution in [1.29, 1.82) is 0 Å². The molecule has 4 aliphatic rings. The van der Waals surface area contributed by atoms with Crippen molar-refractivity contribution >= 4 is 17.5 Å². The third-order valence-electron chi connectivity index (χ3n) is 8.79. The van der Waals surface area contributed by atoms with E-state index in [1.807, 2.05) is 7.05 Å².